The number of carbonyl (C=O) groups is 1. The second-order valence-electron chi connectivity index (χ2n) is 4.43. The highest BCUT2D eigenvalue weighted by atomic mass is 79.9. The smallest absolute Gasteiger partial charge is 0.270 e. The van der Waals surface area contributed by atoms with Gasteiger partial charge in [0.2, 0.25) is 0 Å². The average Bonchev–Trinajstić information content (AvgIpc) is 2.49. The number of halogens is 1. The molecule has 2 aromatic carbocycles. The second-order valence-corrected chi connectivity index (χ2v) is 5.28. The van der Waals surface area contributed by atoms with Crippen LogP contribution in [0.5, 0.6) is 0 Å². The number of rotatable bonds is 4. The Bertz CT molecular complexity index is 701. The lowest BCUT2D eigenvalue weighted by atomic mass is 10.1. The van der Waals surface area contributed by atoms with Gasteiger partial charge < -0.3 is 5.32 Å². The molecule has 108 valence electrons. The molecule has 1 N–H and O–H groups in total. The molecule has 0 radical (unpaired) electrons. The number of hydrogen-bond donors (Lipinski definition) is 1. The third kappa shape index (κ3) is 3.66. The molecule has 0 aliphatic carbocycles. The van der Waals surface area contributed by atoms with Crippen molar-refractivity contribution in [2.75, 3.05) is 5.32 Å². The van der Waals surface area contributed by atoms with Gasteiger partial charge in [-0.05, 0) is 46.1 Å². The molecule has 6 heteroatoms. The molecule has 0 bridgehead atoms. The Labute approximate surface area is 130 Å². The lowest BCUT2D eigenvalue weighted by molar-refractivity contribution is -0.384. The van der Waals surface area contributed by atoms with Crippen molar-refractivity contribution in [3.8, 4) is 0 Å². The van der Waals surface area contributed by atoms with E-state index < -0.39 is 4.92 Å². The fraction of sp³-hybridized carbons (Fsp3) is 0.133. The van der Waals surface area contributed by atoms with E-state index in [0.29, 0.717) is 5.69 Å². The average molecular weight is 349 g/mol. The minimum absolute atomic E-state index is 0.108. The highest BCUT2D eigenvalue weighted by Crippen LogP contribution is 2.25. The van der Waals surface area contributed by atoms with Gasteiger partial charge in [0.05, 0.1) is 10.6 Å². The number of aryl methyl sites for hydroxylation is 1. The summed E-state index contributed by atoms with van der Waals surface area (Å²) in [6.07, 6.45) is 0.901. The first-order chi connectivity index (χ1) is 10.0. The molecule has 0 aliphatic heterocycles. The molecule has 21 heavy (non-hydrogen) atoms. The predicted molar refractivity (Wildman–Crippen MR) is 84.6 cm³/mol. The van der Waals surface area contributed by atoms with Crippen LogP contribution >= 0.6 is 15.9 Å². The number of amides is 1. The lowest BCUT2D eigenvalue weighted by Crippen LogP contribution is -2.12. The Morgan fingerprint density at radius 3 is 2.67 bits per heavy atom. The normalized spacial score (nSPS) is 10.2. The number of nitrogens with zero attached hydrogens (tertiary/aromatic N) is 1. The molecular formula is C15H13BrN2O3. The molecule has 0 heterocycles. The van der Waals surface area contributed by atoms with E-state index in [1.165, 1.54) is 24.3 Å². The minimum atomic E-state index is -0.525. The van der Waals surface area contributed by atoms with Crippen molar-refractivity contribution in [3.05, 3.63) is 68.2 Å². The Morgan fingerprint density at radius 1 is 1.29 bits per heavy atom. The second kappa shape index (κ2) is 6.49. The Balaban J connectivity index is 2.22. The number of benzene rings is 2. The number of nitrogens with one attached hydrogen (secondary N) is 1. The van der Waals surface area contributed by atoms with E-state index >= 15 is 0 Å². The molecule has 1 amide bonds. The van der Waals surface area contributed by atoms with Crippen LogP contribution in [0.25, 0.3) is 0 Å². The van der Waals surface area contributed by atoms with E-state index in [1.807, 2.05) is 19.1 Å². The van der Waals surface area contributed by atoms with E-state index in [4.69, 9.17) is 0 Å². The van der Waals surface area contributed by atoms with Gasteiger partial charge in [0, 0.05) is 22.2 Å². The van der Waals surface area contributed by atoms with Crippen molar-refractivity contribution in [2.24, 2.45) is 0 Å². The number of hydrogen-bond acceptors (Lipinski definition) is 3. The molecular weight excluding hydrogens is 336 g/mol. The summed E-state index contributed by atoms with van der Waals surface area (Å²) in [6.45, 7) is 2.04. The maximum atomic E-state index is 12.1. The summed E-state index contributed by atoms with van der Waals surface area (Å²) in [5.41, 5.74) is 1.91. The van der Waals surface area contributed by atoms with E-state index in [0.717, 1.165) is 16.5 Å². The SMILES string of the molecule is CCc1ccc(NC(=O)c2cccc([N+](=O)[O-])c2)c(Br)c1. The fourth-order valence-corrected chi connectivity index (χ4v) is 2.36. The monoisotopic (exact) mass is 348 g/mol. The van der Waals surface area contributed by atoms with Gasteiger partial charge in [-0.2, -0.15) is 0 Å². The van der Waals surface area contributed by atoms with Crippen LogP contribution in [0.4, 0.5) is 11.4 Å². The molecule has 0 fully saturated rings. The van der Waals surface area contributed by atoms with Crippen LogP contribution in [0.1, 0.15) is 22.8 Å². The van der Waals surface area contributed by atoms with E-state index in [1.54, 1.807) is 6.07 Å². The van der Waals surface area contributed by atoms with Crippen LogP contribution in [0, 0.1) is 10.1 Å². The zero-order valence-electron chi connectivity index (χ0n) is 11.3. The first-order valence-electron chi connectivity index (χ1n) is 6.35. The summed E-state index contributed by atoms with van der Waals surface area (Å²) < 4.78 is 0.778. The summed E-state index contributed by atoms with van der Waals surface area (Å²) in [7, 11) is 0. The zero-order chi connectivity index (χ0) is 15.4. The highest BCUT2D eigenvalue weighted by Gasteiger charge is 2.12. The number of nitro groups is 1. The summed E-state index contributed by atoms with van der Waals surface area (Å²) in [5.74, 6) is -0.386. The number of nitro benzene ring substituents is 1. The maximum Gasteiger partial charge on any atom is 0.270 e. The topological polar surface area (TPSA) is 72.2 Å². The van der Waals surface area contributed by atoms with Gasteiger partial charge in [-0.15, -0.1) is 0 Å². The maximum absolute atomic E-state index is 12.1. The largest absolute Gasteiger partial charge is 0.321 e. The lowest BCUT2D eigenvalue weighted by Gasteiger charge is -2.08. The van der Waals surface area contributed by atoms with Gasteiger partial charge in [-0.25, -0.2) is 0 Å². The number of anilines is 1. The third-order valence-corrected chi connectivity index (χ3v) is 3.67. The first kappa shape index (κ1) is 15.2. The van der Waals surface area contributed by atoms with Gasteiger partial charge in [-0.1, -0.05) is 19.1 Å². The van der Waals surface area contributed by atoms with Crippen molar-refractivity contribution in [2.45, 2.75) is 13.3 Å². The van der Waals surface area contributed by atoms with Crippen molar-refractivity contribution in [3.63, 3.8) is 0 Å². The summed E-state index contributed by atoms with van der Waals surface area (Å²) in [5, 5.41) is 13.5. The quantitative estimate of drug-likeness (QED) is 0.665. The molecule has 0 atom stereocenters. The van der Waals surface area contributed by atoms with Crippen LogP contribution in [0.15, 0.2) is 46.9 Å². The van der Waals surface area contributed by atoms with E-state index in [-0.39, 0.29) is 17.2 Å². The van der Waals surface area contributed by atoms with Crippen molar-refractivity contribution < 1.29 is 9.72 Å². The van der Waals surface area contributed by atoms with Crippen LogP contribution in [-0.2, 0) is 6.42 Å². The molecule has 0 spiro atoms. The van der Waals surface area contributed by atoms with Crippen LogP contribution in [0.3, 0.4) is 0 Å². The standard InChI is InChI=1S/C15H13BrN2O3/c1-2-10-6-7-14(13(16)8-10)17-15(19)11-4-3-5-12(9-11)18(20)21/h3-9H,2H2,1H3,(H,17,19). The number of carbonyl (C=O) groups excluding carboxylic acids is 1. The molecule has 2 aromatic rings. The Hall–Kier alpha value is -2.21. The van der Waals surface area contributed by atoms with Crippen molar-refractivity contribution >= 4 is 33.2 Å². The van der Waals surface area contributed by atoms with E-state index in [2.05, 4.69) is 21.2 Å². The van der Waals surface area contributed by atoms with Gasteiger partial charge in [0.25, 0.3) is 11.6 Å². The van der Waals surface area contributed by atoms with Gasteiger partial charge in [-0.3, -0.25) is 14.9 Å². The first-order valence-corrected chi connectivity index (χ1v) is 7.14. The third-order valence-electron chi connectivity index (χ3n) is 3.01. The molecule has 5 nitrogen and oxygen atoms in total. The molecule has 2 rings (SSSR count). The van der Waals surface area contributed by atoms with Gasteiger partial charge >= 0.3 is 0 Å². The number of non-ortho nitro benzene ring substituents is 1. The van der Waals surface area contributed by atoms with Crippen LogP contribution in [0.2, 0.25) is 0 Å². The predicted octanol–water partition coefficient (Wildman–Crippen LogP) is 4.17. The molecule has 0 aromatic heterocycles. The van der Waals surface area contributed by atoms with Gasteiger partial charge in [0.1, 0.15) is 0 Å². The fourth-order valence-electron chi connectivity index (χ4n) is 1.84. The minimum Gasteiger partial charge on any atom is -0.321 e. The van der Waals surface area contributed by atoms with Crippen LogP contribution in [-0.4, -0.2) is 10.8 Å². The zero-order valence-corrected chi connectivity index (χ0v) is 12.9. The molecule has 0 aliphatic rings. The van der Waals surface area contributed by atoms with Crippen molar-refractivity contribution in [1.82, 2.24) is 0 Å². The molecule has 0 saturated heterocycles. The summed E-state index contributed by atoms with van der Waals surface area (Å²) >= 11 is 3.40. The summed E-state index contributed by atoms with van der Waals surface area (Å²) in [4.78, 5) is 22.3. The molecule has 0 saturated carbocycles. The molecule has 0 unspecified atom stereocenters. The van der Waals surface area contributed by atoms with Gasteiger partial charge in [0.15, 0.2) is 0 Å². The Kier molecular flexibility index (Phi) is 4.70. The Morgan fingerprint density at radius 2 is 2.05 bits per heavy atom. The van der Waals surface area contributed by atoms with E-state index in [9.17, 15) is 14.9 Å². The van der Waals surface area contributed by atoms with Crippen molar-refractivity contribution in [1.29, 1.82) is 0 Å². The van der Waals surface area contributed by atoms with Crippen LogP contribution < -0.4 is 5.32 Å². The summed E-state index contributed by atoms with van der Waals surface area (Å²) in [6, 6.07) is 11.3. The highest BCUT2D eigenvalue weighted by molar-refractivity contribution is 9.10.